The van der Waals surface area contributed by atoms with Crippen LogP contribution >= 0.6 is 0 Å². The van der Waals surface area contributed by atoms with Gasteiger partial charge in [-0.1, -0.05) is 36.8 Å². The monoisotopic (exact) mass is 273 g/mol. The van der Waals surface area contributed by atoms with Crippen molar-refractivity contribution < 1.29 is 9.53 Å². The van der Waals surface area contributed by atoms with Gasteiger partial charge in [-0.15, -0.1) is 0 Å². The molecule has 3 nitrogen and oxygen atoms in total. The van der Waals surface area contributed by atoms with Crippen LogP contribution in [-0.2, 0) is 9.53 Å². The molecule has 108 valence electrons. The molecule has 0 amide bonds. The highest BCUT2D eigenvalue weighted by Gasteiger charge is 2.45. The molecule has 1 aromatic carbocycles. The van der Waals surface area contributed by atoms with E-state index in [2.05, 4.69) is 4.90 Å². The zero-order valence-electron chi connectivity index (χ0n) is 12.2. The summed E-state index contributed by atoms with van der Waals surface area (Å²) in [6.07, 6.45) is 4.24. The molecule has 0 radical (unpaired) electrons. The number of carbonyl (C=O) groups excluding carboxylic acids is 1. The van der Waals surface area contributed by atoms with Crippen LogP contribution in [0.1, 0.15) is 44.3 Å². The summed E-state index contributed by atoms with van der Waals surface area (Å²) in [7, 11) is 0. The number of piperidine rings is 1. The molecule has 0 bridgehead atoms. The number of hydrogen-bond donors (Lipinski definition) is 0. The van der Waals surface area contributed by atoms with Gasteiger partial charge < -0.3 is 9.64 Å². The van der Waals surface area contributed by atoms with E-state index in [1.807, 2.05) is 37.3 Å². The van der Waals surface area contributed by atoms with Crippen molar-refractivity contribution in [3.8, 4) is 0 Å². The van der Waals surface area contributed by atoms with Gasteiger partial charge in [-0.2, -0.15) is 0 Å². The Balaban J connectivity index is 1.69. The number of nitrogens with zero attached hydrogens (tertiary/aromatic N) is 1. The van der Waals surface area contributed by atoms with Crippen LogP contribution in [-0.4, -0.2) is 35.9 Å². The van der Waals surface area contributed by atoms with E-state index in [0.29, 0.717) is 6.42 Å². The normalized spacial score (nSPS) is 31.6. The largest absolute Gasteiger partial charge is 0.358 e. The zero-order valence-corrected chi connectivity index (χ0v) is 12.2. The van der Waals surface area contributed by atoms with E-state index in [1.54, 1.807) is 0 Å². The zero-order chi connectivity index (χ0) is 14.0. The maximum absolute atomic E-state index is 12.4. The highest BCUT2D eigenvalue weighted by atomic mass is 16.5. The summed E-state index contributed by atoms with van der Waals surface area (Å²) in [6.45, 7) is 4.91. The summed E-state index contributed by atoms with van der Waals surface area (Å²) < 4.78 is 6.16. The van der Waals surface area contributed by atoms with Crippen molar-refractivity contribution in [1.82, 2.24) is 4.90 Å². The molecule has 2 aliphatic heterocycles. The van der Waals surface area contributed by atoms with Gasteiger partial charge in [0.05, 0.1) is 6.10 Å². The first-order valence-electron chi connectivity index (χ1n) is 7.66. The molecule has 0 aliphatic carbocycles. The molecule has 2 aliphatic rings. The Labute approximate surface area is 120 Å². The maximum Gasteiger partial charge on any atom is 0.168 e. The van der Waals surface area contributed by atoms with Gasteiger partial charge in [0, 0.05) is 13.0 Å². The highest BCUT2D eigenvalue weighted by Crippen LogP contribution is 2.37. The minimum Gasteiger partial charge on any atom is -0.358 e. The summed E-state index contributed by atoms with van der Waals surface area (Å²) >= 11 is 0. The second-order valence-electron chi connectivity index (χ2n) is 6.21. The number of hydrogen-bond acceptors (Lipinski definition) is 3. The third-order valence-corrected chi connectivity index (χ3v) is 4.51. The van der Waals surface area contributed by atoms with E-state index in [-0.39, 0.29) is 11.9 Å². The Morgan fingerprint density at radius 1 is 1.20 bits per heavy atom. The van der Waals surface area contributed by atoms with Gasteiger partial charge in [-0.3, -0.25) is 4.79 Å². The van der Waals surface area contributed by atoms with Crippen LogP contribution in [0.5, 0.6) is 0 Å². The van der Waals surface area contributed by atoms with Crippen molar-refractivity contribution in [3.05, 3.63) is 35.9 Å². The number of ether oxygens (including phenoxy) is 1. The average Bonchev–Trinajstić information content (AvgIpc) is 2.77. The van der Waals surface area contributed by atoms with Crippen LogP contribution in [0, 0.1) is 0 Å². The molecule has 0 N–H and O–H groups in total. The molecule has 3 rings (SSSR count). The molecule has 2 heterocycles. The molecule has 0 saturated carbocycles. The van der Waals surface area contributed by atoms with Crippen LogP contribution in [0.2, 0.25) is 0 Å². The van der Waals surface area contributed by atoms with E-state index in [1.165, 1.54) is 19.3 Å². The second-order valence-corrected chi connectivity index (χ2v) is 6.21. The molecular formula is C17H23NO2. The lowest BCUT2D eigenvalue weighted by Gasteiger charge is -2.33. The number of likely N-dealkylation sites (tertiary alicyclic amines) is 1. The predicted octanol–water partition coefficient (Wildman–Crippen LogP) is 2.96. The van der Waals surface area contributed by atoms with E-state index >= 15 is 0 Å². The molecule has 2 unspecified atom stereocenters. The van der Waals surface area contributed by atoms with Crippen molar-refractivity contribution >= 4 is 5.78 Å². The van der Waals surface area contributed by atoms with E-state index in [9.17, 15) is 4.79 Å². The number of rotatable bonds is 3. The van der Waals surface area contributed by atoms with E-state index in [0.717, 1.165) is 25.2 Å². The summed E-state index contributed by atoms with van der Waals surface area (Å²) in [5.74, 6) is 0.247. The van der Waals surface area contributed by atoms with E-state index in [4.69, 9.17) is 4.74 Å². The smallest absolute Gasteiger partial charge is 0.168 e. The topological polar surface area (TPSA) is 29.5 Å². The van der Waals surface area contributed by atoms with Crippen LogP contribution in [0.25, 0.3) is 0 Å². The lowest BCUT2D eigenvalue weighted by Crippen LogP contribution is -2.46. The molecule has 1 aromatic rings. The first-order chi connectivity index (χ1) is 9.67. The average molecular weight is 273 g/mol. The molecule has 2 fully saturated rings. The molecular weight excluding hydrogens is 250 g/mol. The Bertz CT molecular complexity index is 467. The number of ketones is 1. The maximum atomic E-state index is 12.4. The molecule has 20 heavy (non-hydrogen) atoms. The fourth-order valence-corrected chi connectivity index (χ4v) is 3.33. The SMILES string of the molecule is CC1(CN2CCCCC2)OC(c2ccccc2)CC1=O. The molecule has 2 atom stereocenters. The third-order valence-electron chi connectivity index (χ3n) is 4.51. The van der Waals surface area contributed by atoms with Crippen LogP contribution in [0.3, 0.4) is 0 Å². The Hall–Kier alpha value is -1.19. The molecule has 3 heteroatoms. The van der Waals surface area contributed by atoms with Gasteiger partial charge in [0.2, 0.25) is 0 Å². The van der Waals surface area contributed by atoms with Crippen molar-refractivity contribution in [2.75, 3.05) is 19.6 Å². The molecule has 0 aromatic heterocycles. The summed E-state index contributed by atoms with van der Waals surface area (Å²) in [6, 6.07) is 10.1. The predicted molar refractivity (Wildman–Crippen MR) is 78.6 cm³/mol. The first kappa shape index (κ1) is 13.8. The quantitative estimate of drug-likeness (QED) is 0.848. The number of carbonyl (C=O) groups is 1. The lowest BCUT2D eigenvalue weighted by atomic mass is 9.97. The van der Waals surface area contributed by atoms with Crippen LogP contribution in [0.15, 0.2) is 30.3 Å². The lowest BCUT2D eigenvalue weighted by molar-refractivity contribution is -0.134. The van der Waals surface area contributed by atoms with E-state index < -0.39 is 5.60 Å². The van der Waals surface area contributed by atoms with Gasteiger partial charge in [0.15, 0.2) is 5.78 Å². The van der Waals surface area contributed by atoms with Gasteiger partial charge in [-0.25, -0.2) is 0 Å². The van der Waals surface area contributed by atoms with Gasteiger partial charge in [0.1, 0.15) is 5.60 Å². The fourth-order valence-electron chi connectivity index (χ4n) is 3.33. The summed E-state index contributed by atoms with van der Waals surface area (Å²) in [5.41, 5.74) is 0.487. The molecule has 0 spiro atoms. The van der Waals surface area contributed by atoms with Gasteiger partial charge >= 0.3 is 0 Å². The Kier molecular flexibility index (Phi) is 3.90. The Morgan fingerprint density at radius 2 is 1.90 bits per heavy atom. The standard InChI is InChI=1S/C17H23NO2/c1-17(13-18-10-6-3-7-11-18)16(19)12-15(20-17)14-8-4-2-5-9-14/h2,4-5,8-9,15H,3,6-7,10-13H2,1H3. The van der Waals surface area contributed by atoms with Gasteiger partial charge in [0.25, 0.3) is 0 Å². The molecule has 2 saturated heterocycles. The number of benzene rings is 1. The Morgan fingerprint density at radius 3 is 2.60 bits per heavy atom. The van der Waals surface area contributed by atoms with Crippen LogP contribution < -0.4 is 0 Å². The minimum atomic E-state index is -0.627. The minimum absolute atomic E-state index is 0.0708. The van der Waals surface area contributed by atoms with Crippen molar-refractivity contribution in [2.24, 2.45) is 0 Å². The third kappa shape index (κ3) is 2.79. The summed E-state index contributed by atoms with van der Waals surface area (Å²) in [5, 5.41) is 0. The second kappa shape index (κ2) is 5.66. The van der Waals surface area contributed by atoms with Gasteiger partial charge in [-0.05, 0) is 38.4 Å². The first-order valence-corrected chi connectivity index (χ1v) is 7.66. The van der Waals surface area contributed by atoms with Crippen molar-refractivity contribution in [3.63, 3.8) is 0 Å². The number of Topliss-reactive ketones (excluding diaryl/α,β-unsaturated/α-hetero) is 1. The van der Waals surface area contributed by atoms with Crippen molar-refractivity contribution in [1.29, 1.82) is 0 Å². The summed E-state index contributed by atoms with van der Waals surface area (Å²) in [4.78, 5) is 14.8. The van der Waals surface area contributed by atoms with Crippen molar-refractivity contribution in [2.45, 2.75) is 44.3 Å². The highest BCUT2D eigenvalue weighted by molar-refractivity contribution is 5.89. The van der Waals surface area contributed by atoms with Crippen LogP contribution in [0.4, 0.5) is 0 Å². The fraction of sp³-hybridized carbons (Fsp3) is 0.588.